The molecule has 0 bridgehead atoms. The van der Waals surface area contributed by atoms with Crippen LogP contribution >= 0.6 is 12.4 Å². The molecule has 1 N–H and O–H groups in total. The van der Waals surface area contributed by atoms with Crippen LogP contribution in [0.2, 0.25) is 0 Å². The molecular formula is C11H12ClN3O3. The molecule has 7 heteroatoms. The number of halogens is 1. The van der Waals surface area contributed by atoms with Crippen molar-refractivity contribution in [1.29, 1.82) is 0 Å². The van der Waals surface area contributed by atoms with Gasteiger partial charge in [-0.3, -0.25) is 4.98 Å². The summed E-state index contributed by atoms with van der Waals surface area (Å²) in [6.45, 7) is 0. The molecule has 0 atom stereocenters. The second-order valence-electron chi connectivity index (χ2n) is 3.43. The summed E-state index contributed by atoms with van der Waals surface area (Å²) in [6, 6.07) is 3.09. The third kappa shape index (κ3) is 2.43. The van der Waals surface area contributed by atoms with Crippen molar-refractivity contribution < 1.29 is 14.6 Å². The van der Waals surface area contributed by atoms with Gasteiger partial charge in [-0.15, -0.1) is 12.4 Å². The number of esters is 1. The second-order valence-corrected chi connectivity index (χ2v) is 3.43. The SMILES string of the molecule is COC(=O)c1ccnc(-c2cnn(C)c2O)c1.Cl. The lowest BCUT2D eigenvalue weighted by atomic mass is 10.1. The molecule has 0 aliphatic rings. The minimum atomic E-state index is -0.447. The van der Waals surface area contributed by atoms with Gasteiger partial charge in [0.1, 0.15) is 0 Å². The summed E-state index contributed by atoms with van der Waals surface area (Å²) in [6.07, 6.45) is 2.97. The van der Waals surface area contributed by atoms with Crippen LogP contribution < -0.4 is 0 Å². The van der Waals surface area contributed by atoms with Gasteiger partial charge >= 0.3 is 5.97 Å². The summed E-state index contributed by atoms with van der Waals surface area (Å²) < 4.78 is 5.93. The third-order valence-corrected chi connectivity index (χ3v) is 2.36. The van der Waals surface area contributed by atoms with E-state index in [1.165, 1.54) is 24.2 Å². The molecule has 18 heavy (non-hydrogen) atoms. The molecule has 0 aromatic carbocycles. The summed E-state index contributed by atoms with van der Waals surface area (Å²) in [5, 5.41) is 13.6. The molecule has 6 nitrogen and oxygen atoms in total. The second kappa shape index (κ2) is 5.50. The number of hydrogen-bond donors (Lipinski definition) is 1. The van der Waals surface area contributed by atoms with E-state index in [1.807, 2.05) is 0 Å². The topological polar surface area (TPSA) is 77.2 Å². The van der Waals surface area contributed by atoms with Crippen LogP contribution in [-0.2, 0) is 11.8 Å². The number of methoxy groups -OCH3 is 1. The van der Waals surface area contributed by atoms with Crippen LogP contribution in [0.3, 0.4) is 0 Å². The monoisotopic (exact) mass is 269 g/mol. The number of aromatic nitrogens is 3. The molecule has 2 rings (SSSR count). The Balaban J connectivity index is 0.00000162. The van der Waals surface area contributed by atoms with Crippen molar-refractivity contribution in [3.8, 4) is 17.1 Å². The summed E-state index contributed by atoms with van der Waals surface area (Å²) in [5.41, 5.74) is 1.32. The van der Waals surface area contributed by atoms with E-state index >= 15 is 0 Å². The minimum absolute atomic E-state index is 0. The van der Waals surface area contributed by atoms with E-state index in [0.717, 1.165) is 0 Å². The maximum absolute atomic E-state index is 11.4. The first-order chi connectivity index (χ1) is 8.13. The number of aryl methyl sites for hydroxylation is 1. The molecule has 0 spiro atoms. The molecule has 0 radical (unpaired) electrons. The highest BCUT2D eigenvalue weighted by atomic mass is 35.5. The van der Waals surface area contributed by atoms with Gasteiger partial charge in [0.2, 0.25) is 5.88 Å². The number of aromatic hydroxyl groups is 1. The number of carbonyl (C=O) groups is 1. The molecule has 0 fully saturated rings. The van der Waals surface area contributed by atoms with Crippen LogP contribution in [0.15, 0.2) is 24.5 Å². The van der Waals surface area contributed by atoms with Gasteiger partial charge in [0.15, 0.2) is 0 Å². The van der Waals surface area contributed by atoms with Gasteiger partial charge in [-0.25, -0.2) is 9.48 Å². The average Bonchev–Trinajstić information content (AvgIpc) is 2.69. The number of pyridine rings is 1. The first-order valence-corrected chi connectivity index (χ1v) is 4.89. The predicted octanol–water partition coefficient (Wildman–Crippen LogP) is 1.40. The van der Waals surface area contributed by atoms with E-state index in [0.29, 0.717) is 16.8 Å². The van der Waals surface area contributed by atoms with Gasteiger partial charge in [-0.2, -0.15) is 5.10 Å². The van der Waals surface area contributed by atoms with E-state index in [4.69, 9.17) is 0 Å². The summed E-state index contributed by atoms with van der Waals surface area (Å²) in [5.74, 6) is -0.448. The largest absolute Gasteiger partial charge is 0.493 e. The zero-order chi connectivity index (χ0) is 12.4. The highest BCUT2D eigenvalue weighted by Gasteiger charge is 2.13. The maximum atomic E-state index is 11.4. The molecule has 2 heterocycles. The van der Waals surface area contributed by atoms with Crippen LogP contribution in [0.5, 0.6) is 5.88 Å². The third-order valence-electron chi connectivity index (χ3n) is 2.36. The van der Waals surface area contributed by atoms with Crippen LogP contribution in [0.4, 0.5) is 0 Å². The Kier molecular flexibility index (Phi) is 4.28. The van der Waals surface area contributed by atoms with E-state index < -0.39 is 5.97 Å². The van der Waals surface area contributed by atoms with E-state index in [2.05, 4.69) is 14.8 Å². The zero-order valence-corrected chi connectivity index (χ0v) is 10.6. The Hall–Kier alpha value is -2.08. The number of hydrogen-bond acceptors (Lipinski definition) is 5. The van der Waals surface area contributed by atoms with E-state index in [-0.39, 0.29) is 18.3 Å². The molecule has 2 aromatic heterocycles. The molecule has 2 aromatic rings. The number of rotatable bonds is 2. The standard InChI is InChI=1S/C11H11N3O3.ClH/c1-14-10(15)8(6-13-14)9-5-7(3-4-12-9)11(16)17-2;/h3-6,15H,1-2H3;1H. The van der Waals surface area contributed by atoms with Crippen molar-refractivity contribution >= 4 is 18.4 Å². The van der Waals surface area contributed by atoms with Gasteiger partial charge in [-0.05, 0) is 12.1 Å². The quantitative estimate of drug-likeness (QED) is 0.834. The number of ether oxygens (including phenoxy) is 1. The molecule has 0 aliphatic carbocycles. The van der Waals surface area contributed by atoms with E-state index in [9.17, 15) is 9.90 Å². The van der Waals surface area contributed by atoms with Crippen molar-refractivity contribution in [2.75, 3.05) is 7.11 Å². The lowest BCUT2D eigenvalue weighted by molar-refractivity contribution is 0.0600. The maximum Gasteiger partial charge on any atom is 0.337 e. The van der Waals surface area contributed by atoms with E-state index in [1.54, 1.807) is 19.2 Å². The highest BCUT2D eigenvalue weighted by Crippen LogP contribution is 2.26. The Bertz CT molecular complexity index is 568. The minimum Gasteiger partial charge on any atom is -0.493 e. The molecule has 0 saturated heterocycles. The lowest BCUT2D eigenvalue weighted by Crippen LogP contribution is -2.01. The molecule has 96 valence electrons. The number of nitrogens with zero attached hydrogens (tertiary/aromatic N) is 3. The Morgan fingerprint density at radius 2 is 2.22 bits per heavy atom. The van der Waals surface area contributed by atoms with Gasteiger partial charge in [-0.1, -0.05) is 0 Å². The van der Waals surface area contributed by atoms with Crippen molar-refractivity contribution in [2.24, 2.45) is 7.05 Å². The Morgan fingerprint density at radius 3 is 2.78 bits per heavy atom. The highest BCUT2D eigenvalue weighted by molar-refractivity contribution is 5.90. The predicted molar refractivity (Wildman–Crippen MR) is 66.7 cm³/mol. The number of carbonyl (C=O) groups excluding carboxylic acids is 1. The molecule has 0 unspecified atom stereocenters. The van der Waals surface area contributed by atoms with Crippen LogP contribution in [0.25, 0.3) is 11.3 Å². The van der Waals surface area contributed by atoms with Crippen molar-refractivity contribution in [1.82, 2.24) is 14.8 Å². The summed E-state index contributed by atoms with van der Waals surface area (Å²) in [7, 11) is 2.92. The fourth-order valence-corrected chi connectivity index (χ4v) is 1.43. The first kappa shape index (κ1) is 14.0. The van der Waals surface area contributed by atoms with Crippen LogP contribution in [0, 0.1) is 0 Å². The zero-order valence-electron chi connectivity index (χ0n) is 9.82. The van der Waals surface area contributed by atoms with Gasteiger partial charge in [0, 0.05) is 13.2 Å². The van der Waals surface area contributed by atoms with Gasteiger partial charge in [0.25, 0.3) is 0 Å². The van der Waals surface area contributed by atoms with Crippen molar-refractivity contribution in [2.45, 2.75) is 0 Å². The Morgan fingerprint density at radius 1 is 1.50 bits per heavy atom. The normalized spacial score (nSPS) is 9.67. The average molecular weight is 270 g/mol. The lowest BCUT2D eigenvalue weighted by Gasteiger charge is -2.02. The molecule has 0 amide bonds. The van der Waals surface area contributed by atoms with Crippen molar-refractivity contribution in [3.05, 3.63) is 30.1 Å². The Labute approximate surface area is 110 Å². The first-order valence-electron chi connectivity index (χ1n) is 4.89. The summed E-state index contributed by atoms with van der Waals surface area (Å²) >= 11 is 0. The summed E-state index contributed by atoms with van der Waals surface area (Å²) in [4.78, 5) is 15.4. The van der Waals surface area contributed by atoms with Crippen LogP contribution in [-0.4, -0.2) is 33.0 Å². The molecular weight excluding hydrogens is 258 g/mol. The van der Waals surface area contributed by atoms with Gasteiger partial charge < -0.3 is 9.84 Å². The fraction of sp³-hybridized carbons (Fsp3) is 0.182. The smallest absolute Gasteiger partial charge is 0.337 e. The van der Waals surface area contributed by atoms with Crippen molar-refractivity contribution in [3.63, 3.8) is 0 Å². The van der Waals surface area contributed by atoms with Gasteiger partial charge in [0.05, 0.1) is 30.1 Å². The van der Waals surface area contributed by atoms with Crippen LogP contribution in [0.1, 0.15) is 10.4 Å². The molecule has 0 saturated carbocycles. The fourth-order valence-electron chi connectivity index (χ4n) is 1.43. The molecule has 0 aliphatic heterocycles.